The summed E-state index contributed by atoms with van der Waals surface area (Å²) >= 11 is 0. The first kappa shape index (κ1) is 9.93. The van der Waals surface area contributed by atoms with Crippen LogP contribution in [-0.2, 0) is 0 Å². The van der Waals surface area contributed by atoms with Gasteiger partial charge in [0.2, 0.25) is 0 Å². The molecule has 0 aromatic carbocycles. The van der Waals surface area contributed by atoms with E-state index in [1.165, 1.54) is 5.56 Å². The van der Waals surface area contributed by atoms with Gasteiger partial charge in [-0.15, -0.1) is 0 Å². The largest absolute Gasteiger partial charge is 0.307 e. The zero-order valence-electron chi connectivity index (χ0n) is 8.25. The lowest BCUT2D eigenvalue weighted by molar-refractivity contribution is 0.619. The standard InChI is InChI=1S/C11H16N2/c1-4-13-11(9(2)3)10-6-5-7-12-8-10/h5-8,11,13H,2,4H2,1,3H3. The molecule has 2 nitrogen and oxygen atoms in total. The second-order valence-electron chi connectivity index (χ2n) is 3.12. The number of rotatable bonds is 4. The summed E-state index contributed by atoms with van der Waals surface area (Å²) in [4.78, 5) is 4.09. The fourth-order valence-corrected chi connectivity index (χ4v) is 1.33. The fraction of sp³-hybridized carbons (Fsp3) is 0.364. The highest BCUT2D eigenvalue weighted by atomic mass is 14.9. The summed E-state index contributed by atoms with van der Waals surface area (Å²) in [5.74, 6) is 0. The molecule has 1 aromatic rings. The molecule has 0 saturated heterocycles. The van der Waals surface area contributed by atoms with Gasteiger partial charge in [0.1, 0.15) is 0 Å². The van der Waals surface area contributed by atoms with Gasteiger partial charge in [-0.3, -0.25) is 4.98 Å². The number of nitrogens with zero attached hydrogens (tertiary/aromatic N) is 1. The van der Waals surface area contributed by atoms with E-state index in [0.717, 1.165) is 12.1 Å². The Morgan fingerprint density at radius 1 is 1.69 bits per heavy atom. The van der Waals surface area contributed by atoms with Crippen LogP contribution in [0.3, 0.4) is 0 Å². The van der Waals surface area contributed by atoms with Gasteiger partial charge in [0.25, 0.3) is 0 Å². The predicted molar refractivity (Wildman–Crippen MR) is 55.5 cm³/mol. The van der Waals surface area contributed by atoms with Crippen LogP contribution >= 0.6 is 0 Å². The van der Waals surface area contributed by atoms with E-state index < -0.39 is 0 Å². The van der Waals surface area contributed by atoms with Crippen LogP contribution in [0.15, 0.2) is 36.7 Å². The maximum atomic E-state index is 4.09. The quantitative estimate of drug-likeness (QED) is 0.712. The minimum Gasteiger partial charge on any atom is -0.307 e. The molecule has 0 radical (unpaired) electrons. The Morgan fingerprint density at radius 3 is 2.92 bits per heavy atom. The van der Waals surface area contributed by atoms with Crippen molar-refractivity contribution in [1.29, 1.82) is 0 Å². The molecule has 1 rings (SSSR count). The molecule has 0 amide bonds. The zero-order valence-corrected chi connectivity index (χ0v) is 8.25. The lowest BCUT2D eigenvalue weighted by Crippen LogP contribution is -2.21. The Bertz CT molecular complexity index is 267. The van der Waals surface area contributed by atoms with Crippen LogP contribution in [0.25, 0.3) is 0 Å². The van der Waals surface area contributed by atoms with Gasteiger partial charge in [0.05, 0.1) is 6.04 Å². The highest BCUT2D eigenvalue weighted by Crippen LogP contribution is 2.18. The SMILES string of the molecule is C=C(C)C(NCC)c1cccnc1. The van der Waals surface area contributed by atoms with Crippen LogP contribution in [0.4, 0.5) is 0 Å². The minimum absolute atomic E-state index is 0.235. The summed E-state index contributed by atoms with van der Waals surface area (Å²) < 4.78 is 0. The Labute approximate surface area is 79.7 Å². The van der Waals surface area contributed by atoms with Crippen molar-refractivity contribution >= 4 is 0 Å². The summed E-state index contributed by atoms with van der Waals surface area (Å²) in [5, 5.41) is 3.36. The smallest absolute Gasteiger partial charge is 0.0545 e. The van der Waals surface area contributed by atoms with Crippen molar-refractivity contribution < 1.29 is 0 Å². The van der Waals surface area contributed by atoms with E-state index in [9.17, 15) is 0 Å². The molecule has 1 atom stereocenters. The van der Waals surface area contributed by atoms with Crippen LogP contribution in [0.2, 0.25) is 0 Å². The van der Waals surface area contributed by atoms with Gasteiger partial charge in [-0.2, -0.15) is 0 Å². The Balaban J connectivity index is 2.82. The summed E-state index contributed by atoms with van der Waals surface area (Å²) in [7, 11) is 0. The number of likely N-dealkylation sites (N-methyl/N-ethyl adjacent to an activating group) is 1. The van der Waals surface area contributed by atoms with E-state index in [0.29, 0.717) is 0 Å². The molecule has 1 N–H and O–H groups in total. The number of hydrogen-bond donors (Lipinski definition) is 1. The maximum Gasteiger partial charge on any atom is 0.0545 e. The summed E-state index contributed by atoms with van der Waals surface area (Å²) in [5.41, 5.74) is 2.30. The molecule has 0 spiro atoms. The Morgan fingerprint density at radius 2 is 2.46 bits per heavy atom. The second-order valence-corrected chi connectivity index (χ2v) is 3.12. The van der Waals surface area contributed by atoms with Gasteiger partial charge in [-0.25, -0.2) is 0 Å². The number of aromatic nitrogens is 1. The van der Waals surface area contributed by atoms with Crippen molar-refractivity contribution in [3.8, 4) is 0 Å². The van der Waals surface area contributed by atoms with Gasteiger partial charge < -0.3 is 5.32 Å². The molecule has 13 heavy (non-hydrogen) atoms. The number of nitrogens with one attached hydrogen (secondary N) is 1. The highest BCUT2D eigenvalue weighted by Gasteiger charge is 2.09. The molecule has 1 aromatic heterocycles. The van der Waals surface area contributed by atoms with Crippen molar-refractivity contribution in [2.75, 3.05) is 6.54 Å². The monoisotopic (exact) mass is 176 g/mol. The van der Waals surface area contributed by atoms with Gasteiger partial charge >= 0.3 is 0 Å². The Hall–Kier alpha value is -1.15. The summed E-state index contributed by atoms with van der Waals surface area (Å²) in [6.07, 6.45) is 3.66. The van der Waals surface area contributed by atoms with Gasteiger partial charge in [0, 0.05) is 12.4 Å². The fourth-order valence-electron chi connectivity index (χ4n) is 1.33. The zero-order chi connectivity index (χ0) is 9.68. The average Bonchev–Trinajstić information content (AvgIpc) is 2.15. The van der Waals surface area contributed by atoms with Gasteiger partial charge in [-0.05, 0) is 25.1 Å². The molecule has 0 saturated carbocycles. The van der Waals surface area contributed by atoms with Crippen LogP contribution in [0.1, 0.15) is 25.5 Å². The number of pyridine rings is 1. The Kier molecular flexibility index (Phi) is 3.65. The summed E-state index contributed by atoms with van der Waals surface area (Å²) in [6.45, 7) is 9.01. The van der Waals surface area contributed by atoms with Crippen LogP contribution in [-0.4, -0.2) is 11.5 Å². The molecule has 70 valence electrons. The lowest BCUT2D eigenvalue weighted by atomic mass is 10.0. The molecule has 0 aliphatic heterocycles. The normalized spacial score (nSPS) is 12.5. The van der Waals surface area contributed by atoms with Crippen molar-refractivity contribution in [3.63, 3.8) is 0 Å². The van der Waals surface area contributed by atoms with Crippen molar-refractivity contribution in [2.45, 2.75) is 19.9 Å². The number of hydrogen-bond acceptors (Lipinski definition) is 2. The lowest BCUT2D eigenvalue weighted by Gasteiger charge is -2.17. The molecule has 1 heterocycles. The molecule has 2 heteroatoms. The predicted octanol–water partition coefficient (Wildman–Crippen LogP) is 2.31. The molecule has 0 aliphatic carbocycles. The van der Waals surface area contributed by atoms with E-state index in [1.807, 2.05) is 19.2 Å². The van der Waals surface area contributed by atoms with Gasteiger partial charge in [0.15, 0.2) is 0 Å². The van der Waals surface area contributed by atoms with Crippen LogP contribution < -0.4 is 5.32 Å². The first-order valence-corrected chi connectivity index (χ1v) is 4.54. The van der Waals surface area contributed by atoms with Crippen LogP contribution in [0, 0.1) is 0 Å². The highest BCUT2D eigenvalue weighted by molar-refractivity contribution is 5.22. The molecule has 0 aliphatic rings. The van der Waals surface area contributed by atoms with Crippen molar-refractivity contribution in [3.05, 3.63) is 42.2 Å². The third kappa shape index (κ3) is 2.67. The minimum atomic E-state index is 0.235. The average molecular weight is 176 g/mol. The van der Waals surface area contributed by atoms with E-state index in [4.69, 9.17) is 0 Å². The summed E-state index contributed by atoms with van der Waals surface area (Å²) in [6, 6.07) is 4.25. The third-order valence-electron chi connectivity index (χ3n) is 1.92. The first-order chi connectivity index (χ1) is 6.25. The van der Waals surface area contributed by atoms with E-state index in [-0.39, 0.29) is 6.04 Å². The molecule has 1 unspecified atom stereocenters. The van der Waals surface area contributed by atoms with Gasteiger partial charge in [-0.1, -0.05) is 25.1 Å². The van der Waals surface area contributed by atoms with Crippen LogP contribution in [0.5, 0.6) is 0 Å². The molecule has 0 fully saturated rings. The molecule has 0 bridgehead atoms. The molecular weight excluding hydrogens is 160 g/mol. The van der Waals surface area contributed by atoms with Crippen molar-refractivity contribution in [1.82, 2.24) is 10.3 Å². The van der Waals surface area contributed by atoms with E-state index in [2.05, 4.69) is 29.9 Å². The second kappa shape index (κ2) is 4.77. The first-order valence-electron chi connectivity index (χ1n) is 4.54. The topological polar surface area (TPSA) is 24.9 Å². The third-order valence-corrected chi connectivity index (χ3v) is 1.92. The van der Waals surface area contributed by atoms with E-state index >= 15 is 0 Å². The molecular formula is C11H16N2. The van der Waals surface area contributed by atoms with E-state index in [1.54, 1.807) is 6.20 Å². The maximum absolute atomic E-state index is 4.09. The van der Waals surface area contributed by atoms with Crippen molar-refractivity contribution in [2.24, 2.45) is 0 Å².